The number of fused-ring (bicyclic) bond motifs is 1. The van der Waals surface area contributed by atoms with Gasteiger partial charge in [0, 0.05) is 5.56 Å². The summed E-state index contributed by atoms with van der Waals surface area (Å²) >= 11 is 0. The van der Waals surface area contributed by atoms with Crippen molar-refractivity contribution in [1.82, 2.24) is 0 Å². The van der Waals surface area contributed by atoms with Crippen LogP contribution in [0.15, 0.2) is 18.2 Å². The van der Waals surface area contributed by atoms with Gasteiger partial charge >= 0.3 is 15.6 Å². The standard InChI is InChI=1S/C8H6F3NO5S/c9-8(10,11)18(14,15)17-4-1-2-6-5(3-4)7(13)16-12-6/h1-3,7,12-13H. The topological polar surface area (TPSA) is 84.9 Å². The molecule has 10 heteroatoms. The van der Waals surface area contributed by atoms with Gasteiger partial charge in [0.15, 0.2) is 0 Å². The Bertz CT molecular complexity index is 571. The summed E-state index contributed by atoms with van der Waals surface area (Å²) in [5.41, 5.74) is -2.84. The minimum atomic E-state index is -5.73. The highest BCUT2D eigenvalue weighted by Gasteiger charge is 2.48. The number of hydrogen-bond acceptors (Lipinski definition) is 6. The Kier molecular flexibility index (Phi) is 2.87. The van der Waals surface area contributed by atoms with E-state index >= 15 is 0 Å². The van der Waals surface area contributed by atoms with Gasteiger partial charge in [-0.15, -0.1) is 0 Å². The normalized spacial score (nSPS) is 19.2. The summed E-state index contributed by atoms with van der Waals surface area (Å²) in [5, 5.41) is 9.25. The lowest BCUT2D eigenvalue weighted by Crippen LogP contribution is -2.28. The zero-order valence-corrected chi connectivity index (χ0v) is 9.25. The third-order valence-corrected chi connectivity index (χ3v) is 3.04. The van der Waals surface area contributed by atoms with Crippen LogP contribution in [0.4, 0.5) is 18.9 Å². The molecule has 1 heterocycles. The highest BCUT2D eigenvalue weighted by atomic mass is 32.2. The largest absolute Gasteiger partial charge is 0.534 e. The molecule has 18 heavy (non-hydrogen) atoms. The van der Waals surface area contributed by atoms with Gasteiger partial charge in [0.1, 0.15) is 5.75 Å². The zero-order valence-electron chi connectivity index (χ0n) is 8.43. The number of halogens is 3. The quantitative estimate of drug-likeness (QED) is 0.628. The number of hydrogen-bond donors (Lipinski definition) is 2. The fourth-order valence-corrected chi connectivity index (χ4v) is 1.70. The maximum absolute atomic E-state index is 12.1. The Morgan fingerprint density at radius 2 is 2.06 bits per heavy atom. The van der Waals surface area contributed by atoms with Gasteiger partial charge in [-0.05, 0) is 18.2 Å². The van der Waals surface area contributed by atoms with E-state index in [4.69, 9.17) is 0 Å². The molecule has 1 unspecified atom stereocenters. The maximum atomic E-state index is 12.1. The number of aliphatic hydroxyl groups is 1. The van der Waals surface area contributed by atoms with Crippen LogP contribution in [0.2, 0.25) is 0 Å². The first-order valence-corrected chi connectivity index (χ1v) is 5.86. The van der Waals surface area contributed by atoms with E-state index in [9.17, 15) is 26.7 Å². The van der Waals surface area contributed by atoms with E-state index < -0.39 is 27.7 Å². The Hall–Kier alpha value is -1.52. The van der Waals surface area contributed by atoms with Crippen LogP contribution in [0.25, 0.3) is 0 Å². The highest BCUT2D eigenvalue weighted by molar-refractivity contribution is 7.87. The number of anilines is 1. The van der Waals surface area contributed by atoms with Crippen LogP contribution in [-0.4, -0.2) is 19.0 Å². The van der Waals surface area contributed by atoms with Gasteiger partial charge < -0.3 is 9.29 Å². The molecule has 0 bridgehead atoms. The van der Waals surface area contributed by atoms with Crippen LogP contribution in [0.5, 0.6) is 5.75 Å². The summed E-state index contributed by atoms with van der Waals surface area (Å²) in [5.74, 6) is -0.572. The third kappa shape index (κ3) is 2.21. The lowest BCUT2D eigenvalue weighted by atomic mass is 10.2. The van der Waals surface area contributed by atoms with Crippen molar-refractivity contribution in [3.05, 3.63) is 23.8 Å². The fraction of sp³-hybridized carbons (Fsp3) is 0.250. The van der Waals surface area contributed by atoms with Gasteiger partial charge in [-0.1, -0.05) is 0 Å². The van der Waals surface area contributed by atoms with Gasteiger partial charge in [0.2, 0.25) is 6.29 Å². The molecule has 1 aromatic rings. The van der Waals surface area contributed by atoms with Gasteiger partial charge in [-0.2, -0.15) is 21.6 Å². The summed E-state index contributed by atoms with van der Waals surface area (Å²) in [6.45, 7) is 0. The van der Waals surface area contributed by atoms with Crippen molar-refractivity contribution in [3.63, 3.8) is 0 Å². The molecule has 0 aliphatic carbocycles. The predicted octanol–water partition coefficient (Wildman–Crippen LogP) is 1.26. The summed E-state index contributed by atoms with van der Waals surface area (Å²) in [6.07, 6.45) is -1.41. The summed E-state index contributed by atoms with van der Waals surface area (Å²) < 4.78 is 61.6. The molecule has 0 saturated carbocycles. The SMILES string of the molecule is O=S(=O)(Oc1ccc2c(c1)C(O)ON2)C(F)(F)F. The van der Waals surface area contributed by atoms with Gasteiger partial charge in [-0.25, -0.2) is 4.84 Å². The molecule has 0 saturated heterocycles. The summed E-state index contributed by atoms with van der Waals surface area (Å²) in [6, 6.07) is 3.15. The van der Waals surface area contributed by atoms with Crippen molar-refractivity contribution in [2.45, 2.75) is 11.8 Å². The summed E-state index contributed by atoms with van der Waals surface area (Å²) in [7, 11) is -5.73. The Morgan fingerprint density at radius 1 is 1.39 bits per heavy atom. The van der Waals surface area contributed by atoms with E-state index in [1.807, 2.05) is 0 Å². The number of alkyl halides is 3. The Morgan fingerprint density at radius 3 is 2.67 bits per heavy atom. The van der Waals surface area contributed by atoms with Crippen LogP contribution < -0.4 is 9.66 Å². The zero-order chi connectivity index (χ0) is 13.6. The number of benzene rings is 1. The Labute approximate surface area is 99.0 Å². The molecule has 1 atom stereocenters. The van der Waals surface area contributed by atoms with Crippen molar-refractivity contribution >= 4 is 15.8 Å². The molecule has 1 aromatic carbocycles. The van der Waals surface area contributed by atoms with Crippen LogP contribution >= 0.6 is 0 Å². The van der Waals surface area contributed by atoms with Crippen molar-refractivity contribution in [2.24, 2.45) is 0 Å². The first kappa shape index (κ1) is 12.9. The fourth-order valence-electron chi connectivity index (χ4n) is 1.25. The Balaban J connectivity index is 2.30. The predicted molar refractivity (Wildman–Crippen MR) is 51.7 cm³/mol. The van der Waals surface area contributed by atoms with Crippen LogP contribution in [0.1, 0.15) is 11.9 Å². The first-order valence-electron chi connectivity index (χ1n) is 4.45. The van der Waals surface area contributed by atoms with Crippen molar-refractivity contribution < 1.29 is 35.7 Å². The monoisotopic (exact) mass is 285 g/mol. The average Bonchev–Trinajstić information content (AvgIpc) is 2.58. The second-order valence-corrected chi connectivity index (χ2v) is 4.84. The van der Waals surface area contributed by atoms with E-state index in [2.05, 4.69) is 14.5 Å². The van der Waals surface area contributed by atoms with Crippen molar-refractivity contribution in [3.8, 4) is 5.75 Å². The van der Waals surface area contributed by atoms with E-state index in [0.29, 0.717) is 5.69 Å². The minimum Gasteiger partial charge on any atom is -0.376 e. The summed E-state index contributed by atoms with van der Waals surface area (Å²) in [4.78, 5) is 4.55. The van der Waals surface area contributed by atoms with E-state index in [0.717, 1.165) is 12.1 Å². The lowest BCUT2D eigenvalue weighted by molar-refractivity contribution is -0.0632. The molecular formula is C8H6F3NO5S. The van der Waals surface area contributed by atoms with Crippen LogP contribution in [-0.2, 0) is 15.0 Å². The molecule has 0 amide bonds. The molecule has 2 N–H and O–H groups in total. The molecule has 6 nitrogen and oxygen atoms in total. The average molecular weight is 285 g/mol. The first-order chi connectivity index (χ1) is 8.21. The van der Waals surface area contributed by atoms with Crippen LogP contribution in [0.3, 0.4) is 0 Å². The van der Waals surface area contributed by atoms with Crippen LogP contribution in [0, 0.1) is 0 Å². The van der Waals surface area contributed by atoms with Gasteiger partial charge in [0.25, 0.3) is 0 Å². The molecule has 100 valence electrons. The molecule has 0 radical (unpaired) electrons. The number of nitrogens with one attached hydrogen (secondary N) is 1. The van der Waals surface area contributed by atoms with E-state index in [1.54, 1.807) is 0 Å². The van der Waals surface area contributed by atoms with E-state index in [1.165, 1.54) is 6.07 Å². The smallest absolute Gasteiger partial charge is 0.376 e. The van der Waals surface area contributed by atoms with Gasteiger partial charge in [0.05, 0.1) is 5.69 Å². The van der Waals surface area contributed by atoms with Crippen molar-refractivity contribution in [1.29, 1.82) is 0 Å². The van der Waals surface area contributed by atoms with Gasteiger partial charge in [-0.3, -0.25) is 5.48 Å². The molecule has 1 aliphatic heterocycles. The maximum Gasteiger partial charge on any atom is 0.534 e. The molecular weight excluding hydrogens is 279 g/mol. The molecule has 0 spiro atoms. The second-order valence-electron chi connectivity index (χ2n) is 3.30. The molecule has 0 fully saturated rings. The van der Waals surface area contributed by atoms with E-state index in [-0.39, 0.29) is 5.56 Å². The molecule has 0 aromatic heterocycles. The molecule has 2 rings (SSSR count). The minimum absolute atomic E-state index is 0.0740. The second kappa shape index (κ2) is 4.00. The number of rotatable bonds is 2. The molecule has 1 aliphatic rings. The lowest BCUT2D eigenvalue weighted by Gasteiger charge is -2.10. The third-order valence-electron chi connectivity index (χ3n) is 2.06. The number of aliphatic hydroxyl groups excluding tert-OH is 1. The highest BCUT2D eigenvalue weighted by Crippen LogP contribution is 2.35. The van der Waals surface area contributed by atoms with Crippen molar-refractivity contribution in [2.75, 3.05) is 5.48 Å².